The van der Waals surface area contributed by atoms with Crippen molar-refractivity contribution in [1.82, 2.24) is 0 Å². The van der Waals surface area contributed by atoms with Gasteiger partial charge in [0.2, 0.25) is 0 Å². The number of anilines is 1. The van der Waals surface area contributed by atoms with Crippen LogP contribution in [-0.2, 0) is 4.74 Å². The molecule has 0 fully saturated rings. The SMILES string of the molecule is CC(C)Oc1ccc(NCCOCC(F)(F)F)cc1. The lowest BCUT2D eigenvalue weighted by atomic mass is 10.3. The quantitative estimate of drug-likeness (QED) is 0.774. The smallest absolute Gasteiger partial charge is 0.411 e. The number of hydrogen-bond donors (Lipinski definition) is 1. The molecule has 0 radical (unpaired) electrons. The Balaban J connectivity index is 2.23. The van der Waals surface area contributed by atoms with Crippen molar-refractivity contribution in [2.45, 2.75) is 26.1 Å². The molecule has 0 saturated heterocycles. The van der Waals surface area contributed by atoms with E-state index in [1.807, 2.05) is 26.0 Å². The second kappa shape index (κ2) is 7.23. The average molecular weight is 277 g/mol. The lowest BCUT2D eigenvalue weighted by Crippen LogP contribution is -2.20. The molecule has 0 heterocycles. The number of ether oxygens (including phenoxy) is 2. The Labute approximate surface area is 110 Å². The monoisotopic (exact) mass is 277 g/mol. The van der Waals surface area contributed by atoms with Gasteiger partial charge < -0.3 is 14.8 Å². The number of halogens is 3. The predicted molar refractivity (Wildman–Crippen MR) is 67.6 cm³/mol. The van der Waals surface area contributed by atoms with Crippen LogP contribution in [0.3, 0.4) is 0 Å². The summed E-state index contributed by atoms with van der Waals surface area (Å²) in [6.45, 7) is 2.98. The highest BCUT2D eigenvalue weighted by Gasteiger charge is 2.27. The van der Waals surface area contributed by atoms with Gasteiger partial charge in [-0.3, -0.25) is 0 Å². The Morgan fingerprint density at radius 3 is 2.32 bits per heavy atom. The van der Waals surface area contributed by atoms with Crippen LogP contribution < -0.4 is 10.1 Å². The van der Waals surface area contributed by atoms with Crippen LogP contribution in [-0.4, -0.2) is 32.0 Å². The molecule has 1 rings (SSSR count). The topological polar surface area (TPSA) is 30.5 Å². The minimum absolute atomic E-state index is 0.00373. The zero-order valence-corrected chi connectivity index (χ0v) is 11.0. The largest absolute Gasteiger partial charge is 0.491 e. The van der Waals surface area contributed by atoms with Gasteiger partial charge in [0, 0.05) is 12.2 Å². The van der Waals surface area contributed by atoms with E-state index in [1.54, 1.807) is 12.1 Å². The fourth-order valence-electron chi connectivity index (χ4n) is 1.38. The lowest BCUT2D eigenvalue weighted by molar-refractivity contribution is -0.172. The van der Waals surface area contributed by atoms with Crippen molar-refractivity contribution in [1.29, 1.82) is 0 Å². The van der Waals surface area contributed by atoms with Crippen molar-refractivity contribution in [3.63, 3.8) is 0 Å². The molecule has 3 nitrogen and oxygen atoms in total. The van der Waals surface area contributed by atoms with Crippen LogP contribution >= 0.6 is 0 Å². The minimum Gasteiger partial charge on any atom is -0.491 e. The molecule has 1 aromatic rings. The number of alkyl halides is 3. The zero-order valence-electron chi connectivity index (χ0n) is 11.0. The molecule has 108 valence electrons. The molecule has 0 aliphatic rings. The summed E-state index contributed by atoms with van der Waals surface area (Å²) in [6.07, 6.45) is -4.16. The molecule has 0 aliphatic heterocycles. The molecule has 6 heteroatoms. The third-order valence-corrected chi connectivity index (χ3v) is 2.07. The first kappa shape index (κ1) is 15.6. The van der Waals surface area contributed by atoms with Crippen LogP contribution in [0.2, 0.25) is 0 Å². The van der Waals surface area contributed by atoms with Gasteiger partial charge in [-0.25, -0.2) is 0 Å². The number of rotatable bonds is 7. The highest BCUT2D eigenvalue weighted by molar-refractivity contribution is 5.46. The second-order valence-corrected chi connectivity index (χ2v) is 4.29. The Hall–Kier alpha value is -1.43. The maximum Gasteiger partial charge on any atom is 0.411 e. The molecule has 0 spiro atoms. The lowest BCUT2D eigenvalue weighted by Gasteiger charge is -2.11. The molecule has 0 aliphatic carbocycles. The van der Waals surface area contributed by atoms with E-state index in [1.165, 1.54) is 0 Å². The van der Waals surface area contributed by atoms with Crippen LogP contribution in [0.5, 0.6) is 5.75 Å². The van der Waals surface area contributed by atoms with Crippen molar-refractivity contribution in [2.24, 2.45) is 0 Å². The minimum atomic E-state index is -4.27. The molecular weight excluding hydrogens is 259 g/mol. The molecular formula is C13H18F3NO2. The van der Waals surface area contributed by atoms with E-state index in [9.17, 15) is 13.2 Å². The molecule has 0 unspecified atom stereocenters. The van der Waals surface area contributed by atoms with Gasteiger partial charge in [0.15, 0.2) is 0 Å². The standard InChI is InChI=1S/C13H18F3NO2/c1-10(2)19-12-5-3-11(4-6-12)17-7-8-18-9-13(14,15)16/h3-6,10,17H,7-9H2,1-2H3. The third kappa shape index (κ3) is 7.56. The van der Waals surface area contributed by atoms with Gasteiger partial charge in [-0.2, -0.15) is 13.2 Å². The van der Waals surface area contributed by atoms with Crippen LogP contribution in [0.1, 0.15) is 13.8 Å². The summed E-state index contributed by atoms with van der Waals surface area (Å²) in [6, 6.07) is 7.22. The van der Waals surface area contributed by atoms with Crippen LogP contribution in [0.4, 0.5) is 18.9 Å². The van der Waals surface area contributed by atoms with Gasteiger partial charge in [-0.15, -0.1) is 0 Å². The van der Waals surface area contributed by atoms with Gasteiger partial charge in [-0.05, 0) is 38.1 Å². The summed E-state index contributed by atoms with van der Waals surface area (Å²) in [5, 5.41) is 2.96. The van der Waals surface area contributed by atoms with Crippen LogP contribution in [0, 0.1) is 0 Å². The third-order valence-electron chi connectivity index (χ3n) is 2.07. The van der Waals surface area contributed by atoms with E-state index < -0.39 is 12.8 Å². The van der Waals surface area contributed by atoms with Crippen molar-refractivity contribution in [2.75, 3.05) is 25.1 Å². The average Bonchev–Trinajstić information content (AvgIpc) is 2.28. The van der Waals surface area contributed by atoms with Crippen molar-refractivity contribution < 1.29 is 22.6 Å². The first-order chi connectivity index (χ1) is 8.87. The Morgan fingerprint density at radius 1 is 1.16 bits per heavy atom. The maximum absolute atomic E-state index is 11.8. The molecule has 19 heavy (non-hydrogen) atoms. The first-order valence-electron chi connectivity index (χ1n) is 6.02. The van der Waals surface area contributed by atoms with E-state index >= 15 is 0 Å². The number of hydrogen-bond acceptors (Lipinski definition) is 3. The van der Waals surface area contributed by atoms with Crippen LogP contribution in [0.25, 0.3) is 0 Å². The Kier molecular flexibility index (Phi) is 5.95. The summed E-state index contributed by atoms with van der Waals surface area (Å²) in [7, 11) is 0. The van der Waals surface area contributed by atoms with Gasteiger partial charge in [-0.1, -0.05) is 0 Å². The normalized spacial score (nSPS) is 11.7. The fourth-order valence-corrected chi connectivity index (χ4v) is 1.38. The van der Waals surface area contributed by atoms with E-state index in [4.69, 9.17) is 4.74 Å². The summed E-state index contributed by atoms with van der Waals surface area (Å²) in [5.41, 5.74) is 0.812. The number of benzene rings is 1. The van der Waals surface area contributed by atoms with E-state index in [0.717, 1.165) is 11.4 Å². The van der Waals surface area contributed by atoms with E-state index in [-0.39, 0.29) is 12.7 Å². The van der Waals surface area contributed by atoms with Crippen LogP contribution in [0.15, 0.2) is 24.3 Å². The molecule has 0 amide bonds. The van der Waals surface area contributed by atoms with Gasteiger partial charge in [0.1, 0.15) is 12.4 Å². The number of nitrogens with one attached hydrogen (secondary N) is 1. The highest BCUT2D eigenvalue weighted by Crippen LogP contribution is 2.17. The molecule has 0 bridgehead atoms. The summed E-state index contributed by atoms with van der Waals surface area (Å²) < 4.78 is 45.3. The second-order valence-electron chi connectivity index (χ2n) is 4.29. The van der Waals surface area contributed by atoms with Crippen molar-refractivity contribution in [3.05, 3.63) is 24.3 Å². The summed E-state index contributed by atoms with van der Waals surface area (Å²) in [4.78, 5) is 0. The Bertz CT molecular complexity index is 363. The van der Waals surface area contributed by atoms with Crippen molar-refractivity contribution >= 4 is 5.69 Å². The van der Waals surface area contributed by atoms with E-state index in [0.29, 0.717) is 6.54 Å². The van der Waals surface area contributed by atoms with Gasteiger partial charge in [0.25, 0.3) is 0 Å². The molecule has 0 aromatic heterocycles. The highest BCUT2D eigenvalue weighted by atomic mass is 19.4. The summed E-state index contributed by atoms with van der Waals surface area (Å²) >= 11 is 0. The molecule has 0 saturated carbocycles. The van der Waals surface area contributed by atoms with Crippen molar-refractivity contribution in [3.8, 4) is 5.75 Å². The zero-order chi connectivity index (χ0) is 14.3. The Morgan fingerprint density at radius 2 is 1.79 bits per heavy atom. The maximum atomic E-state index is 11.8. The molecule has 1 aromatic carbocycles. The summed E-state index contributed by atoms with van der Waals surface area (Å²) in [5.74, 6) is 0.758. The van der Waals surface area contributed by atoms with Gasteiger partial charge >= 0.3 is 6.18 Å². The molecule has 0 atom stereocenters. The first-order valence-corrected chi connectivity index (χ1v) is 6.02. The molecule has 1 N–H and O–H groups in total. The van der Waals surface area contributed by atoms with Gasteiger partial charge in [0.05, 0.1) is 12.7 Å². The fraction of sp³-hybridized carbons (Fsp3) is 0.538. The predicted octanol–water partition coefficient (Wildman–Crippen LogP) is 3.46. The van der Waals surface area contributed by atoms with E-state index in [2.05, 4.69) is 10.1 Å².